The van der Waals surface area contributed by atoms with Gasteiger partial charge in [0, 0.05) is 18.4 Å². The summed E-state index contributed by atoms with van der Waals surface area (Å²) in [4.78, 5) is 15.2. The Hall–Kier alpha value is -3.70. The molecule has 2 aliphatic carbocycles. The molecule has 1 N–H and O–H groups in total. The number of nitrogens with zero attached hydrogens (tertiary/aromatic N) is 2. The predicted molar refractivity (Wildman–Crippen MR) is 149 cm³/mol. The van der Waals surface area contributed by atoms with Crippen LogP contribution in [0.1, 0.15) is 84.0 Å². The molecule has 3 aromatic rings. The van der Waals surface area contributed by atoms with Gasteiger partial charge in [0.1, 0.15) is 5.82 Å². The molecule has 0 bridgehead atoms. The van der Waals surface area contributed by atoms with Gasteiger partial charge in [-0.25, -0.2) is 12.8 Å². The molecule has 1 atom stereocenters. The molecule has 0 unspecified atom stereocenters. The Morgan fingerprint density at radius 2 is 1.62 bits per heavy atom. The number of rotatable bonds is 10. The molecule has 0 spiro atoms. The van der Waals surface area contributed by atoms with E-state index in [1.165, 1.54) is 61.1 Å². The first kappa shape index (κ1) is 26.9. The van der Waals surface area contributed by atoms with Gasteiger partial charge in [-0.05, 0) is 96.7 Å². The summed E-state index contributed by atoms with van der Waals surface area (Å²) in [6.07, 6.45) is 4.80. The first-order chi connectivity index (χ1) is 18.7. The first-order valence-corrected chi connectivity index (χ1v) is 15.0. The van der Waals surface area contributed by atoms with Crippen molar-refractivity contribution in [2.45, 2.75) is 61.8 Å². The summed E-state index contributed by atoms with van der Waals surface area (Å²) in [6.45, 7) is 1.57. The Bertz CT molecular complexity index is 1510. The van der Waals surface area contributed by atoms with Gasteiger partial charge in [-0.2, -0.15) is 5.26 Å². The maximum Gasteiger partial charge on any atom is 0.254 e. The molecule has 1 amide bonds. The van der Waals surface area contributed by atoms with Gasteiger partial charge < -0.3 is 10.2 Å². The number of hydrogen-bond donors (Lipinski definition) is 1. The van der Waals surface area contributed by atoms with Gasteiger partial charge in [0.25, 0.3) is 5.91 Å². The quantitative estimate of drug-likeness (QED) is 0.313. The van der Waals surface area contributed by atoms with Crippen molar-refractivity contribution in [3.8, 4) is 6.07 Å². The van der Waals surface area contributed by atoms with Gasteiger partial charge >= 0.3 is 0 Å². The van der Waals surface area contributed by atoms with E-state index in [-0.39, 0.29) is 22.6 Å². The van der Waals surface area contributed by atoms with E-state index < -0.39 is 27.6 Å². The van der Waals surface area contributed by atoms with E-state index in [2.05, 4.69) is 23.5 Å². The molecule has 0 saturated heterocycles. The third-order valence-corrected chi connectivity index (χ3v) is 9.40. The minimum absolute atomic E-state index is 0.0250. The van der Waals surface area contributed by atoms with Gasteiger partial charge in [-0.1, -0.05) is 25.1 Å². The van der Waals surface area contributed by atoms with Crippen LogP contribution in [0.2, 0.25) is 0 Å². The van der Waals surface area contributed by atoms with Crippen LogP contribution in [0.4, 0.5) is 15.8 Å². The highest BCUT2D eigenvalue weighted by atomic mass is 32.2. The van der Waals surface area contributed by atoms with Gasteiger partial charge in [0.15, 0.2) is 9.84 Å². The molecular formula is C31H32FN3O3S. The smallest absolute Gasteiger partial charge is 0.254 e. The van der Waals surface area contributed by atoms with Crippen LogP contribution in [-0.2, 0) is 9.84 Å². The van der Waals surface area contributed by atoms with Crippen LogP contribution in [0.15, 0.2) is 65.6 Å². The largest absolute Gasteiger partial charge is 0.345 e. The summed E-state index contributed by atoms with van der Waals surface area (Å²) in [5, 5.41) is 12.0. The molecular weight excluding hydrogens is 513 g/mol. The molecule has 2 fully saturated rings. The van der Waals surface area contributed by atoms with Crippen LogP contribution in [0.25, 0.3) is 0 Å². The van der Waals surface area contributed by atoms with Crippen molar-refractivity contribution < 1.29 is 17.6 Å². The van der Waals surface area contributed by atoms with E-state index in [0.29, 0.717) is 23.1 Å². The maximum absolute atomic E-state index is 15.3. The van der Waals surface area contributed by atoms with Crippen molar-refractivity contribution in [1.82, 2.24) is 5.32 Å². The molecule has 202 valence electrons. The predicted octanol–water partition coefficient (Wildman–Crippen LogP) is 6.53. The normalized spacial score (nSPS) is 15.8. The fraction of sp³-hybridized carbons (Fsp3) is 0.355. The Labute approximate surface area is 229 Å². The lowest BCUT2D eigenvalue weighted by atomic mass is 10.0. The number of nitriles is 1. The van der Waals surface area contributed by atoms with E-state index in [4.69, 9.17) is 0 Å². The second kappa shape index (κ2) is 10.8. The molecule has 0 aromatic heterocycles. The minimum Gasteiger partial charge on any atom is -0.345 e. The average molecular weight is 546 g/mol. The fourth-order valence-electron chi connectivity index (χ4n) is 4.86. The van der Waals surface area contributed by atoms with Crippen LogP contribution >= 0.6 is 0 Å². The highest BCUT2D eigenvalue weighted by Crippen LogP contribution is 2.46. The van der Waals surface area contributed by atoms with Gasteiger partial charge in [-0.3, -0.25) is 4.79 Å². The standard InChI is InChI=1S/C31H32FN3O3S/c1-3-39(37,38)27-11-8-22(9-12-27)30(14-15-33)34-31(36)28-13-10-25(19-29(28)32)35(2)26-17-23(20-4-5-20)16-24(18-26)21-6-7-21/h8-13,16-21,30H,3-7,14H2,1-2H3,(H,34,36)/t30-/m0/s1. The third-order valence-electron chi connectivity index (χ3n) is 7.65. The Morgan fingerprint density at radius 3 is 2.13 bits per heavy atom. The van der Waals surface area contributed by atoms with E-state index >= 15 is 4.39 Å². The molecule has 0 radical (unpaired) electrons. The Kier molecular flexibility index (Phi) is 7.46. The number of nitrogens with one attached hydrogen (secondary N) is 1. The lowest BCUT2D eigenvalue weighted by Gasteiger charge is -2.22. The van der Waals surface area contributed by atoms with Crippen molar-refractivity contribution in [3.05, 3.63) is 88.7 Å². The summed E-state index contributed by atoms with van der Waals surface area (Å²) in [7, 11) is -1.46. The molecule has 0 aliphatic heterocycles. The van der Waals surface area contributed by atoms with Crippen molar-refractivity contribution in [2.24, 2.45) is 0 Å². The van der Waals surface area contributed by atoms with E-state index in [9.17, 15) is 18.5 Å². The second-order valence-electron chi connectivity index (χ2n) is 10.5. The molecule has 8 heteroatoms. The first-order valence-electron chi connectivity index (χ1n) is 13.4. The van der Waals surface area contributed by atoms with Crippen LogP contribution in [0.3, 0.4) is 0 Å². The topological polar surface area (TPSA) is 90.3 Å². The van der Waals surface area contributed by atoms with E-state index in [1.54, 1.807) is 25.1 Å². The molecule has 3 aromatic carbocycles. The third kappa shape index (κ3) is 5.99. The van der Waals surface area contributed by atoms with Crippen molar-refractivity contribution >= 4 is 27.1 Å². The summed E-state index contributed by atoms with van der Waals surface area (Å²) in [5.74, 6) is -0.0841. The number of amides is 1. The zero-order chi connectivity index (χ0) is 27.7. The number of sulfone groups is 1. The maximum atomic E-state index is 15.3. The van der Waals surface area contributed by atoms with Crippen LogP contribution in [0, 0.1) is 17.1 Å². The van der Waals surface area contributed by atoms with Crippen LogP contribution < -0.4 is 10.2 Å². The molecule has 0 heterocycles. The van der Waals surface area contributed by atoms with Crippen LogP contribution in [-0.4, -0.2) is 27.1 Å². The summed E-state index contributed by atoms with van der Waals surface area (Å²) >= 11 is 0. The van der Waals surface area contributed by atoms with Crippen molar-refractivity contribution in [3.63, 3.8) is 0 Å². The fourth-order valence-corrected chi connectivity index (χ4v) is 5.74. The highest BCUT2D eigenvalue weighted by Gasteiger charge is 2.29. The molecule has 5 rings (SSSR count). The summed E-state index contributed by atoms with van der Waals surface area (Å²) < 4.78 is 39.5. The molecule has 39 heavy (non-hydrogen) atoms. The van der Waals surface area contributed by atoms with E-state index in [0.717, 1.165) is 5.69 Å². The summed E-state index contributed by atoms with van der Waals surface area (Å²) in [5.41, 5.74) is 4.80. The number of carbonyl (C=O) groups excluding carboxylic acids is 1. The van der Waals surface area contributed by atoms with Crippen LogP contribution in [0.5, 0.6) is 0 Å². The Balaban J connectivity index is 1.34. The molecule has 2 aliphatic rings. The van der Waals surface area contributed by atoms with E-state index in [1.807, 2.05) is 18.0 Å². The highest BCUT2D eigenvalue weighted by molar-refractivity contribution is 7.91. The zero-order valence-electron chi connectivity index (χ0n) is 22.2. The number of benzene rings is 3. The van der Waals surface area contributed by atoms with Gasteiger partial charge in [0.2, 0.25) is 0 Å². The van der Waals surface area contributed by atoms with Crippen molar-refractivity contribution in [2.75, 3.05) is 17.7 Å². The lowest BCUT2D eigenvalue weighted by molar-refractivity contribution is 0.0933. The second-order valence-corrected chi connectivity index (χ2v) is 12.8. The monoisotopic (exact) mass is 545 g/mol. The number of hydrogen-bond acceptors (Lipinski definition) is 5. The number of halogens is 1. The molecule has 6 nitrogen and oxygen atoms in total. The van der Waals surface area contributed by atoms with Gasteiger partial charge in [-0.15, -0.1) is 0 Å². The summed E-state index contributed by atoms with van der Waals surface area (Å²) in [6, 6.07) is 18.6. The van der Waals surface area contributed by atoms with Crippen molar-refractivity contribution in [1.29, 1.82) is 5.26 Å². The molecule has 2 saturated carbocycles. The minimum atomic E-state index is -3.37. The number of anilines is 2. The average Bonchev–Trinajstić information content (AvgIpc) is 3.85. The SMILES string of the molecule is CCS(=O)(=O)c1ccc([C@H](CC#N)NC(=O)c2ccc(N(C)c3cc(C4CC4)cc(C4CC4)c3)cc2F)cc1. The Morgan fingerprint density at radius 1 is 1.00 bits per heavy atom. The zero-order valence-corrected chi connectivity index (χ0v) is 23.0. The lowest BCUT2D eigenvalue weighted by Crippen LogP contribution is -2.29. The van der Waals surface area contributed by atoms with Gasteiger partial charge in [0.05, 0.1) is 34.7 Å². The number of carbonyl (C=O) groups is 1.